The van der Waals surface area contributed by atoms with Gasteiger partial charge < -0.3 is 14.7 Å². The average molecular weight is 570 g/mol. The minimum absolute atomic E-state index is 0.0626. The van der Waals surface area contributed by atoms with Gasteiger partial charge in [0.2, 0.25) is 5.91 Å². The Hall–Kier alpha value is -2.56. The number of unbranched alkanes of at least 4 members (excludes halogenated alkanes) is 5. The molecule has 0 aliphatic rings. The van der Waals surface area contributed by atoms with Crippen LogP contribution in [0.25, 0.3) is 0 Å². The molecule has 1 aromatic rings. The summed E-state index contributed by atoms with van der Waals surface area (Å²) in [5.74, 6) is 0.193. The van der Waals surface area contributed by atoms with Gasteiger partial charge in [0, 0.05) is 24.8 Å². The number of hydrogen-bond donors (Lipinski definition) is 1. The van der Waals surface area contributed by atoms with E-state index < -0.39 is 12.0 Å². The normalized spacial score (nSPS) is 14.9. The number of aliphatic carboxylic acids is 1. The number of rotatable bonds is 24. The molecule has 1 amide bonds. The second kappa shape index (κ2) is 21.2. The highest BCUT2D eigenvalue weighted by atomic mass is 16.5. The minimum atomic E-state index is -0.969. The third-order valence-electron chi connectivity index (χ3n) is 8.17. The van der Waals surface area contributed by atoms with Gasteiger partial charge in [-0.15, -0.1) is 6.58 Å². The van der Waals surface area contributed by atoms with E-state index in [1.807, 2.05) is 50.3 Å². The third kappa shape index (κ3) is 14.3. The number of ether oxygens (including phenoxy) is 1. The Bertz CT molecular complexity index is 883. The summed E-state index contributed by atoms with van der Waals surface area (Å²) in [5.41, 5.74) is 1.05. The van der Waals surface area contributed by atoms with Crippen LogP contribution in [0.4, 0.5) is 0 Å². The second-order valence-electron chi connectivity index (χ2n) is 12.0. The molecule has 0 aromatic heterocycles. The lowest BCUT2D eigenvalue weighted by Gasteiger charge is -2.32. The molecule has 0 bridgehead atoms. The van der Waals surface area contributed by atoms with Crippen molar-refractivity contribution in [3.05, 3.63) is 60.9 Å². The molecular formula is C36H59NO4. The average Bonchev–Trinajstić information content (AvgIpc) is 2.95. The largest absolute Gasteiger partial charge is 0.490 e. The molecule has 0 aliphatic heterocycles. The van der Waals surface area contributed by atoms with Gasteiger partial charge in [-0.3, -0.25) is 4.79 Å². The Morgan fingerprint density at radius 3 is 2.15 bits per heavy atom. The summed E-state index contributed by atoms with van der Waals surface area (Å²) in [4.78, 5) is 27.3. The molecule has 0 aliphatic carbocycles. The molecule has 5 nitrogen and oxygen atoms in total. The van der Waals surface area contributed by atoms with Gasteiger partial charge in [-0.1, -0.05) is 129 Å². The van der Waals surface area contributed by atoms with E-state index in [-0.39, 0.29) is 30.3 Å². The van der Waals surface area contributed by atoms with Gasteiger partial charge in [-0.25, -0.2) is 4.79 Å². The molecule has 5 atom stereocenters. The molecule has 1 N–H and O–H groups in total. The standard InChI is InChI=1S/C36H59NO4/c1-8-11-12-15-21-28(4)22-16-13-19-25-34(38)37(26-10-3)33(36(39)40)27-30(6)31(7)41-35(29(5)20-9-2)32-23-17-14-18-24-32/h9,14,17-18,23-24,28-30,33,35H,2,7-8,10-13,15-16,19-22,25-27H2,1,3-6H3,(H,39,40)/t28?,29-,30?,33+,35-/m1/s1. The van der Waals surface area contributed by atoms with Crippen molar-refractivity contribution < 1.29 is 19.4 Å². The van der Waals surface area contributed by atoms with Gasteiger partial charge in [-0.05, 0) is 37.2 Å². The molecule has 0 fully saturated rings. The van der Waals surface area contributed by atoms with Crippen molar-refractivity contribution in [2.24, 2.45) is 17.8 Å². The molecule has 0 heterocycles. The summed E-state index contributed by atoms with van der Waals surface area (Å²) in [6.07, 6.45) is 14.5. The topological polar surface area (TPSA) is 66.8 Å². The lowest BCUT2D eigenvalue weighted by molar-refractivity contribution is -0.151. The molecule has 0 saturated heterocycles. The van der Waals surface area contributed by atoms with Crippen LogP contribution in [-0.4, -0.2) is 34.5 Å². The fourth-order valence-corrected chi connectivity index (χ4v) is 5.50. The Labute approximate surface area is 251 Å². The van der Waals surface area contributed by atoms with Gasteiger partial charge in [-0.2, -0.15) is 0 Å². The van der Waals surface area contributed by atoms with E-state index in [0.717, 1.165) is 37.2 Å². The summed E-state index contributed by atoms with van der Waals surface area (Å²) in [6, 6.07) is 9.13. The molecule has 41 heavy (non-hydrogen) atoms. The first-order valence-corrected chi connectivity index (χ1v) is 16.2. The quantitative estimate of drug-likeness (QED) is 0.0764. The molecular weight excluding hydrogens is 510 g/mol. The van der Waals surface area contributed by atoms with Crippen LogP contribution in [0.3, 0.4) is 0 Å². The van der Waals surface area contributed by atoms with Crippen molar-refractivity contribution in [2.45, 2.75) is 130 Å². The Kier molecular flexibility index (Phi) is 18.8. The first-order valence-electron chi connectivity index (χ1n) is 16.2. The van der Waals surface area contributed by atoms with Crippen LogP contribution in [-0.2, 0) is 14.3 Å². The van der Waals surface area contributed by atoms with Crippen molar-refractivity contribution >= 4 is 11.9 Å². The molecule has 2 unspecified atom stereocenters. The van der Waals surface area contributed by atoms with Crippen LogP contribution in [0.2, 0.25) is 0 Å². The fourth-order valence-electron chi connectivity index (χ4n) is 5.50. The van der Waals surface area contributed by atoms with Crippen LogP contribution in [0.5, 0.6) is 0 Å². The van der Waals surface area contributed by atoms with Crippen molar-refractivity contribution in [1.29, 1.82) is 0 Å². The molecule has 0 saturated carbocycles. The smallest absolute Gasteiger partial charge is 0.326 e. The number of carboxylic acid groups (broad SMARTS) is 1. The third-order valence-corrected chi connectivity index (χ3v) is 8.17. The lowest BCUT2D eigenvalue weighted by atomic mass is 9.93. The van der Waals surface area contributed by atoms with Crippen molar-refractivity contribution in [3.63, 3.8) is 0 Å². The zero-order chi connectivity index (χ0) is 30.6. The number of carbonyl (C=O) groups excluding carboxylic acids is 1. The van der Waals surface area contributed by atoms with E-state index in [0.29, 0.717) is 25.1 Å². The van der Waals surface area contributed by atoms with Crippen LogP contribution in [0, 0.1) is 17.8 Å². The second-order valence-corrected chi connectivity index (χ2v) is 12.0. The zero-order valence-electron chi connectivity index (χ0n) is 26.8. The monoisotopic (exact) mass is 569 g/mol. The number of amides is 1. The van der Waals surface area contributed by atoms with Gasteiger partial charge >= 0.3 is 5.97 Å². The number of allylic oxidation sites excluding steroid dienone is 2. The highest BCUT2D eigenvalue weighted by Crippen LogP contribution is 2.33. The van der Waals surface area contributed by atoms with Crippen LogP contribution in [0.15, 0.2) is 55.3 Å². The highest BCUT2D eigenvalue weighted by Gasteiger charge is 2.32. The number of nitrogens with zero attached hydrogens (tertiary/aromatic N) is 1. The van der Waals surface area contributed by atoms with E-state index in [2.05, 4.69) is 33.9 Å². The van der Waals surface area contributed by atoms with Gasteiger partial charge in [0.1, 0.15) is 12.1 Å². The maximum absolute atomic E-state index is 13.3. The minimum Gasteiger partial charge on any atom is -0.490 e. The Balaban J connectivity index is 2.73. The lowest BCUT2D eigenvalue weighted by Crippen LogP contribution is -2.46. The molecule has 1 aromatic carbocycles. The van der Waals surface area contributed by atoms with Crippen molar-refractivity contribution in [2.75, 3.05) is 6.54 Å². The molecule has 0 spiro atoms. The maximum atomic E-state index is 13.3. The van der Waals surface area contributed by atoms with Crippen molar-refractivity contribution in [1.82, 2.24) is 4.90 Å². The summed E-state index contributed by atoms with van der Waals surface area (Å²) in [6.45, 7) is 19.1. The van der Waals surface area contributed by atoms with Gasteiger partial charge in [0.05, 0.1) is 5.76 Å². The summed E-state index contributed by atoms with van der Waals surface area (Å²) in [7, 11) is 0. The Morgan fingerprint density at radius 2 is 1.59 bits per heavy atom. The van der Waals surface area contributed by atoms with Gasteiger partial charge in [0.15, 0.2) is 0 Å². The number of carboxylic acids is 1. The summed E-state index contributed by atoms with van der Waals surface area (Å²) < 4.78 is 6.40. The van der Waals surface area contributed by atoms with E-state index in [4.69, 9.17) is 4.74 Å². The molecule has 232 valence electrons. The maximum Gasteiger partial charge on any atom is 0.326 e. The first-order chi connectivity index (χ1) is 19.7. The number of hydrogen-bond acceptors (Lipinski definition) is 3. The number of benzene rings is 1. The first kappa shape index (κ1) is 36.5. The molecule has 0 radical (unpaired) electrons. The van der Waals surface area contributed by atoms with Crippen LogP contribution < -0.4 is 0 Å². The summed E-state index contributed by atoms with van der Waals surface area (Å²) >= 11 is 0. The molecule has 1 rings (SSSR count). The Morgan fingerprint density at radius 1 is 0.951 bits per heavy atom. The van der Waals surface area contributed by atoms with Crippen molar-refractivity contribution in [3.8, 4) is 0 Å². The number of carbonyl (C=O) groups is 2. The predicted molar refractivity (Wildman–Crippen MR) is 172 cm³/mol. The SMILES string of the molecule is C=CC[C@@H](C)[C@@H](OC(=C)C(C)C[C@@H](C(=O)O)N(CCC)C(=O)CCCCCC(C)CCCCCC)c1ccccc1. The van der Waals surface area contributed by atoms with E-state index >= 15 is 0 Å². The van der Waals surface area contributed by atoms with Crippen LogP contribution >= 0.6 is 0 Å². The summed E-state index contributed by atoms with van der Waals surface area (Å²) in [5, 5.41) is 10.2. The van der Waals surface area contributed by atoms with E-state index in [1.165, 1.54) is 38.5 Å². The fraction of sp³-hybridized carbons (Fsp3) is 0.667. The van der Waals surface area contributed by atoms with Gasteiger partial charge in [0.25, 0.3) is 0 Å². The van der Waals surface area contributed by atoms with Crippen LogP contribution in [0.1, 0.15) is 130 Å². The van der Waals surface area contributed by atoms with E-state index in [1.54, 1.807) is 4.90 Å². The zero-order valence-corrected chi connectivity index (χ0v) is 26.8. The predicted octanol–water partition coefficient (Wildman–Crippen LogP) is 9.75. The molecule has 5 heteroatoms. The van der Waals surface area contributed by atoms with E-state index in [9.17, 15) is 14.7 Å². The highest BCUT2D eigenvalue weighted by molar-refractivity contribution is 5.83.